The maximum Gasteiger partial charge on any atom is 0.225 e. The summed E-state index contributed by atoms with van der Waals surface area (Å²) in [6.07, 6.45) is 7.67. The number of thioether (sulfide) groups is 1. The average Bonchev–Trinajstić information content (AvgIpc) is 3.70. The summed E-state index contributed by atoms with van der Waals surface area (Å²) in [4.78, 5) is 53.2. The molecule has 1 aliphatic heterocycles. The highest BCUT2D eigenvalue weighted by atomic mass is 32.2. The van der Waals surface area contributed by atoms with E-state index in [2.05, 4.69) is 102 Å². The van der Waals surface area contributed by atoms with Crippen LogP contribution in [0, 0.1) is 29.6 Å². The molecule has 2 rings (SSSR count). The van der Waals surface area contributed by atoms with Gasteiger partial charge in [-0.2, -0.15) is 0 Å². The molecule has 0 aliphatic carbocycles. The zero-order valence-corrected chi connectivity index (χ0v) is 40.1. The van der Waals surface area contributed by atoms with Gasteiger partial charge in [0.1, 0.15) is 0 Å². The first-order chi connectivity index (χ1) is 27.2. The van der Waals surface area contributed by atoms with E-state index in [-0.39, 0.29) is 73.1 Å². The van der Waals surface area contributed by atoms with Crippen LogP contribution in [0.4, 0.5) is 0 Å². The van der Waals surface area contributed by atoms with Crippen LogP contribution >= 0.6 is 11.8 Å². The Hall–Kier alpha value is -2.96. The molecule has 0 radical (unpaired) electrons. The van der Waals surface area contributed by atoms with E-state index in [0.717, 1.165) is 30.7 Å². The van der Waals surface area contributed by atoms with Crippen LogP contribution in [0.25, 0.3) is 0 Å². The lowest BCUT2D eigenvalue weighted by Gasteiger charge is -2.40. The standard InChI is InChI=1S/C36H61N3O4S.C3H8.2C2H6.2CH3NO/c1-12-25(4)34(38(8)32(40)21-26(5)24(2)3)31(42-9)23-33(41)39-20-16-19-30(39)35(43-10)27(6)29(36(37-7)44-11)22-28-17-14-13-15-18-28;1-3-2;2*1-2;2*2-1-3/h13-15,17-18,24-27,29-31,34-35H,12,16,19-23H2,1-11H3;3H2,1-2H3;2*1-2H3;2*1H,(H2,2,3). The van der Waals surface area contributed by atoms with Crippen molar-refractivity contribution < 1.29 is 28.7 Å². The molecule has 1 aliphatic rings. The van der Waals surface area contributed by atoms with Crippen molar-refractivity contribution in [1.82, 2.24) is 9.80 Å². The molecule has 334 valence electrons. The number of amides is 4. The van der Waals surface area contributed by atoms with Crippen molar-refractivity contribution in [2.24, 2.45) is 46.0 Å². The van der Waals surface area contributed by atoms with Gasteiger partial charge >= 0.3 is 0 Å². The van der Waals surface area contributed by atoms with Gasteiger partial charge in [-0.1, -0.05) is 126 Å². The molecule has 4 N–H and O–H groups in total. The predicted octanol–water partition coefficient (Wildman–Crippen LogP) is 8.51. The molecule has 11 nitrogen and oxygen atoms in total. The SMILES string of the molecule is CC.CC.CCC.CCC(C)C(C(CC(=O)N1CCCC1C(OC)C(C)C(Cc1ccccc1)C(=NC)SC)OC)N(C)C(=O)CC(C)C(C)C.NC=O.NC=O. The van der Waals surface area contributed by atoms with Crippen molar-refractivity contribution in [2.75, 3.05) is 41.1 Å². The van der Waals surface area contributed by atoms with Crippen LogP contribution in [0.2, 0.25) is 0 Å². The van der Waals surface area contributed by atoms with Crippen LogP contribution in [0.1, 0.15) is 127 Å². The van der Waals surface area contributed by atoms with Crippen molar-refractivity contribution in [1.29, 1.82) is 0 Å². The Bertz CT molecular complexity index is 1150. The maximum absolute atomic E-state index is 14.1. The molecular formula is C45H87N5O6S. The molecule has 1 saturated heterocycles. The Labute approximate surface area is 354 Å². The largest absolute Gasteiger partial charge is 0.379 e. The number of rotatable bonds is 17. The van der Waals surface area contributed by atoms with Crippen LogP contribution < -0.4 is 11.5 Å². The second-order valence-electron chi connectivity index (χ2n) is 14.2. The zero-order chi connectivity index (χ0) is 45.1. The van der Waals surface area contributed by atoms with Crippen molar-refractivity contribution in [2.45, 2.75) is 152 Å². The van der Waals surface area contributed by atoms with E-state index >= 15 is 0 Å². The Kier molecular flexibility index (Phi) is 41.1. The minimum atomic E-state index is -0.387. The number of primary amides is 2. The number of hydrogen-bond acceptors (Lipinski definition) is 8. The Morgan fingerprint density at radius 3 is 1.84 bits per heavy atom. The van der Waals surface area contributed by atoms with Gasteiger partial charge in [0.2, 0.25) is 24.6 Å². The number of nitrogens with zero attached hydrogens (tertiary/aromatic N) is 3. The summed E-state index contributed by atoms with van der Waals surface area (Å²) < 4.78 is 12.3. The van der Waals surface area contributed by atoms with Gasteiger partial charge in [0.25, 0.3) is 0 Å². The highest BCUT2D eigenvalue weighted by molar-refractivity contribution is 8.13. The first kappa shape index (κ1) is 60.7. The number of carbonyl (C=O) groups excluding carboxylic acids is 4. The average molecular weight is 826 g/mol. The fourth-order valence-corrected chi connectivity index (χ4v) is 7.65. The monoisotopic (exact) mass is 826 g/mol. The number of likely N-dealkylation sites (N-methyl/N-ethyl adjacent to an activating group) is 1. The molecule has 4 amide bonds. The number of hydrogen-bond donors (Lipinski definition) is 2. The molecule has 0 bridgehead atoms. The number of benzene rings is 1. The summed E-state index contributed by atoms with van der Waals surface area (Å²) in [6.45, 7) is 25.9. The molecule has 8 atom stereocenters. The minimum Gasteiger partial charge on any atom is -0.379 e. The normalized spacial score (nSPS) is 16.8. The van der Waals surface area contributed by atoms with Gasteiger partial charge in [0.05, 0.1) is 35.8 Å². The summed E-state index contributed by atoms with van der Waals surface area (Å²) in [7, 11) is 7.20. The predicted molar refractivity (Wildman–Crippen MR) is 244 cm³/mol. The summed E-state index contributed by atoms with van der Waals surface area (Å²) >= 11 is 1.70. The van der Waals surface area contributed by atoms with E-state index in [1.165, 1.54) is 12.0 Å². The van der Waals surface area contributed by atoms with Gasteiger partial charge in [-0.05, 0) is 54.8 Å². The number of likely N-dealkylation sites (tertiary alicyclic amines) is 1. The molecule has 8 unspecified atom stereocenters. The summed E-state index contributed by atoms with van der Waals surface area (Å²) in [5.41, 5.74) is 9.61. The number of carbonyl (C=O) groups is 4. The topological polar surface area (TPSA) is 158 Å². The molecule has 1 heterocycles. The first-order valence-electron chi connectivity index (χ1n) is 21.2. The van der Waals surface area contributed by atoms with E-state index in [1.807, 2.05) is 57.7 Å². The quantitative estimate of drug-likeness (QED) is 0.0906. The van der Waals surface area contributed by atoms with Gasteiger partial charge in [-0.15, -0.1) is 11.8 Å². The van der Waals surface area contributed by atoms with Gasteiger partial charge in [0, 0.05) is 47.2 Å². The molecule has 0 saturated carbocycles. The second kappa shape index (κ2) is 38.6. The van der Waals surface area contributed by atoms with Gasteiger partial charge in [0.15, 0.2) is 0 Å². The lowest BCUT2D eigenvalue weighted by Crippen LogP contribution is -2.53. The smallest absolute Gasteiger partial charge is 0.225 e. The number of nitrogens with two attached hydrogens (primary N) is 2. The lowest BCUT2D eigenvalue weighted by atomic mass is 9.81. The number of methoxy groups -OCH3 is 2. The van der Waals surface area contributed by atoms with Crippen molar-refractivity contribution >= 4 is 41.4 Å². The fraction of sp³-hybridized carbons (Fsp3) is 0.756. The van der Waals surface area contributed by atoms with Crippen LogP contribution in [-0.2, 0) is 35.1 Å². The summed E-state index contributed by atoms with van der Waals surface area (Å²) in [5.74, 6) is 1.42. The van der Waals surface area contributed by atoms with Gasteiger partial charge in [-0.3, -0.25) is 24.2 Å². The van der Waals surface area contributed by atoms with E-state index < -0.39 is 0 Å². The third-order valence-corrected chi connectivity index (χ3v) is 11.1. The number of ether oxygens (including phenoxy) is 2. The Morgan fingerprint density at radius 1 is 0.930 bits per heavy atom. The number of aliphatic imine (C=N–C) groups is 1. The van der Waals surface area contributed by atoms with Gasteiger partial charge in [-0.25, -0.2) is 0 Å². The molecule has 1 aromatic carbocycles. The lowest BCUT2D eigenvalue weighted by molar-refractivity contribution is -0.145. The summed E-state index contributed by atoms with van der Waals surface area (Å²) in [6, 6.07) is 10.3. The molecule has 1 aromatic rings. The molecular weight excluding hydrogens is 739 g/mol. The van der Waals surface area contributed by atoms with Crippen molar-refractivity contribution in [3.05, 3.63) is 35.9 Å². The minimum absolute atomic E-state index is 0.0217. The molecule has 1 fully saturated rings. The molecule has 0 spiro atoms. The van der Waals surface area contributed by atoms with Crippen LogP contribution in [0.3, 0.4) is 0 Å². The van der Waals surface area contributed by atoms with E-state index in [1.54, 1.807) is 26.0 Å². The fourth-order valence-electron chi connectivity index (χ4n) is 6.86. The van der Waals surface area contributed by atoms with E-state index in [9.17, 15) is 9.59 Å². The van der Waals surface area contributed by atoms with Crippen molar-refractivity contribution in [3.63, 3.8) is 0 Å². The highest BCUT2D eigenvalue weighted by Crippen LogP contribution is 2.34. The van der Waals surface area contributed by atoms with Crippen LogP contribution in [0.15, 0.2) is 35.3 Å². The van der Waals surface area contributed by atoms with Gasteiger partial charge < -0.3 is 30.7 Å². The maximum atomic E-state index is 14.1. The second-order valence-corrected chi connectivity index (χ2v) is 15.0. The highest BCUT2D eigenvalue weighted by Gasteiger charge is 2.42. The zero-order valence-electron chi connectivity index (χ0n) is 39.2. The third kappa shape index (κ3) is 23.3. The Balaban J connectivity index is -0.000000956. The molecule has 12 heteroatoms. The van der Waals surface area contributed by atoms with Crippen LogP contribution in [0.5, 0.6) is 0 Å². The molecule has 0 aromatic heterocycles. The van der Waals surface area contributed by atoms with Crippen LogP contribution in [-0.4, -0.2) is 105 Å². The van der Waals surface area contributed by atoms with E-state index in [4.69, 9.17) is 19.1 Å². The van der Waals surface area contributed by atoms with E-state index in [0.29, 0.717) is 24.8 Å². The first-order valence-corrected chi connectivity index (χ1v) is 22.4. The Morgan fingerprint density at radius 2 is 1.44 bits per heavy atom. The summed E-state index contributed by atoms with van der Waals surface area (Å²) in [5, 5.41) is 1.11. The van der Waals surface area contributed by atoms with Crippen molar-refractivity contribution in [3.8, 4) is 0 Å². The third-order valence-electron chi connectivity index (χ3n) is 10.2. The molecule has 57 heavy (non-hydrogen) atoms.